The molecule has 7 nitrogen and oxygen atoms in total. The number of aryl methyl sites for hydroxylation is 1. The number of hydrogen-bond donors (Lipinski definition) is 1. The highest BCUT2D eigenvalue weighted by molar-refractivity contribution is 5.91. The molecule has 2 aliphatic heterocycles. The van der Waals surface area contributed by atoms with E-state index >= 15 is 0 Å². The Labute approximate surface area is 174 Å². The molecule has 3 heterocycles. The van der Waals surface area contributed by atoms with Crippen LogP contribution in [0.1, 0.15) is 25.0 Å². The molecule has 0 spiro atoms. The number of ether oxygens (including phenoxy) is 2. The molecule has 1 fully saturated rings. The number of anilines is 2. The van der Waals surface area contributed by atoms with E-state index in [-0.39, 0.29) is 17.4 Å². The molecule has 1 aromatic carbocycles. The van der Waals surface area contributed by atoms with Crippen LogP contribution in [0.3, 0.4) is 0 Å². The van der Waals surface area contributed by atoms with E-state index in [2.05, 4.69) is 16.9 Å². The van der Waals surface area contributed by atoms with Gasteiger partial charge in [-0.2, -0.15) is 0 Å². The van der Waals surface area contributed by atoms with Crippen LogP contribution in [0.5, 0.6) is 0 Å². The van der Waals surface area contributed by atoms with Crippen molar-refractivity contribution >= 4 is 29.2 Å². The maximum atomic E-state index is 14.4. The van der Waals surface area contributed by atoms with E-state index in [0.29, 0.717) is 35.9 Å². The van der Waals surface area contributed by atoms with E-state index in [1.165, 1.54) is 16.7 Å². The number of fused-ring (bicyclic) bond motifs is 1. The van der Waals surface area contributed by atoms with Crippen LogP contribution in [0.15, 0.2) is 40.6 Å². The van der Waals surface area contributed by atoms with Crippen molar-refractivity contribution in [1.29, 1.82) is 0 Å². The fourth-order valence-electron chi connectivity index (χ4n) is 3.65. The Morgan fingerprint density at radius 2 is 2.10 bits per heavy atom. The van der Waals surface area contributed by atoms with Crippen LogP contribution in [0, 0.1) is 12.7 Å². The second-order valence-electron chi connectivity index (χ2n) is 8.06. The molecule has 0 amide bonds. The molecule has 1 aromatic heterocycles. The van der Waals surface area contributed by atoms with E-state index in [4.69, 9.17) is 9.47 Å². The zero-order chi connectivity index (χ0) is 21.6. The second-order valence-corrected chi connectivity index (χ2v) is 8.06. The lowest BCUT2D eigenvalue weighted by atomic mass is 10.1. The summed E-state index contributed by atoms with van der Waals surface area (Å²) in [5.41, 5.74) is 2.56. The predicted octanol–water partition coefficient (Wildman–Crippen LogP) is 3.67. The molecule has 158 valence electrons. The molecule has 2 aromatic rings. The Bertz CT molecular complexity index is 1110. The van der Waals surface area contributed by atoms with Crippen molar-refractivity contribution in [2.75, 3.05) is 18.5 Å². The third kappa shape index (κ3) is 3.76. The smallest absolute Gasteiger partial charge is 0.254 e. The Morgan fingerprint density at radius 3 is 2.77 bits per heavy atom. The first-order valence-corrected chi connectivity index (χ1v) is 9.74. The summed E-state index contributed by atoms with van der Waals surface area (Å²) < 4.78 is 27.4. The van der Waals surface area contributed by atoms with Crippen LogP contribution in [-0.4, -0.2) is 40.8 Å². The topological polar surface area (TPSA) is 68.1 Å². The van der Waals surface area contributed by atoms with Crippen LogP contribution in [-0.2, 0) is 16.5 Å². The Hall–Kier alpha value is -2.97. The summed E-state index contributed by atoms with van der Waals surface area (Å²) in [6.45, 7) is 10.7. The number of halogens is 1. The van der Waals surface area contributed by atoms with Crippen molar-refractivity contribution in [2.45, 2.75) is 32.7 Å². The summed E-state index contributed by atoms with van der Waals surface area (Å²) in [5.74, 6) is -0.566. The highest BCUT2D eigenvalue weighted by Crippen LogP contribution is 2.37. The van der Waals surface area contributed by atoms with Gasteiger partial charge < -0.3 is 19.7 Å². The first-order valence-electron chi connectivity index (χ1n) is 9.74. The molecule has 0 radical (unpaired) electrons. The van der Waals surface area contributed by atoms with Gasteiger partial charge >= 0.3 is 0 Å². The molecule has 1 atom stereocenters. The molecule has 2 aliphatic rings. The van der Waals surface area contributed by atoms with Crippen LogP contribution >= 0.6 is 0 Å². The van der Waals surface area contributed by atoms with Gasteiger partial charge in [0.15, 0.2) is 5.79 Å². The molecule has 0 aliphatic carbocycles. The van der Waals surface area contributed by atoms with Gasteiger partial charge in [0.1, 0.15) is 17.7 Å². The molecule has 4 rings (SSSR count). The number of rotatable bonds is 4. The summed E-state index contributed by atoms with van der Waals surface area (Å²) in [4.78, 5) is 18.8. The molecule has 8 heteroatoms. The highest BCUT2D eigenvalue weighted by atomic mass is 19.1. The fourth-order valence-corrected chi connectivity index (χ4v) is 3.65. The number of hydrogen-bond acceptors (Lipinski definition) is 6. The average Bonchev–Trinajstić information content (AvgIpc) is 3.01. The molecule has 0 saturated carbocycles. The number of aromatic nitrogens is 1. The lowest BCUT2D eigenvalue weighted by Gasteiger charge is -2.31. The van der Waals surface area contributed by atoms with Gasteiger partial charge in [0.25, 0.3) is 5.56 Å². The van der Waals surface area contributed by atoms with Crippen LogP contribution < -0.4 is 10.9 Å². The Morgan fingerprint density at radius 1 is 1.33 bits per heavy atom. The standard InChI is InChI=1S/C22H25FN4O3/c1-13-6-7-17(16(23)8-13)25-18-9-19(28)26(5)21-20(18)14(2)27(12-24-21)10-15-11-29-22(3,4)30-15/h6-9,12,15,25H,2,10-11H2,1,3-5H3. The quantitative estimate of drug-likeness (QED) is 0.830. The van der Waals surface area contributed by atoms with Crippen molar-refractivity contribution in [3.63, 3.8) is 0 Å². The van der Waals surface area contributed by atoms with Crippen LogP contribution in [0.2, 0.25) is 0 Å². The number of nitrogens with one attached hydrogen (secondary N) is 1. The van der Waals surface area contributed by atoms with Gasteiger partial charge in [-0.05, 0) is 38.5 Å². The van der Waals surface area contributed by atoms with E-state index < -0.39 is 11.6 Å². The maximum Gasteiger partial charge on any atom is 0.254 e. The molecule has 0 bridgehead atoms. The minimum absolute atomic E-state index is 0.150. The SMILES string of the molecule is C=C1c2c(Nc3ccc(C)cc3F)cc(=O)n(C)c2N=CN1CC1COC(C)(C)O1. The molecular formula is C22H25FN4O3. The number of nitrogens with zero attached hydrogens (tertiary/aromatic N) is 3. The van der Waals surface area contributed by atoms with Crippen LogP contribution in [0.4, 0.5) is 21.6 Å². The fraction of sp³-hybridized carbons (Fsp3) is 0.364. The Kier molecular flexibility index (Phi) is 4.99. The third-order valence-electron chi connectivity index (χ3n) is 5.23. The van der Waals surface area contributed by atoms with Gasteiger partial charge in [-0.3, -0.25) is 9.36 Å². The molecule has 30 heavy (non-hydrogen) atoms. The van der Waals surface area contributed by atoms with Crippen molar-refractivity contribution < 1.29 is 13.9 Å². The zero-order valence-electron chi connectivity index (χ0n) is 17.5. The van der Waals surface area contributed by atoms with Crippen molar-refractivity contribution in [1.82, 2.24) is 9.47 Å². The van der Waals surface area contributed by atoms with Gasteiger partial charge in [0, 0.05) is 18.8 Å². The van der Waals surface area contributed by atoms with Gasteiger partial charge in [0.05, 0.1) is 36.4 Å². The largest absolute Gasteiger partial charge is 0.352 e. The van der Waals surface area contributed by atoms with E-state index in [1.54, 1.807) is 25.5 Å². The van der Waals surface area contributed by atoms with Crippen LogP contribution in [0.25, 0.3) is 5.70 Å². The minimum Gasteiger partial charge on any atom is -0.352 e. The zero-order valence-corrected chi connectivity index (χ0v) is 17.5. The monoisotopic (exact) mass is 412 g/mol. The summed E-state index contributed by atoms with van der Waals surface area (Å²) in [6.07, 6.45) is 1.48. The molecule has 1 unspecified atom stereocenters. The predicted molar refractivity (Wildman–Crippen MR) is 115 cm³/mol. The Balaban J connectivity index is 1.68. The summed E-state index contributed by atoms with van der Waals surface area (Å²) in [6, 6.07) is 6.32. The minimum atomic E-state index is -0.629. The van der Waals surface area contributed by atoms with Gasteiger partial charge in [-0.15, -0.1) is 0 Å². The average molecular weight is 412 g/mol. The lowest BCUT2D eigenvalue weighted by Crippen LogP contribution is -2.35. The summed E-state index contributed by atoms with van der Waals surface area (Å²) in [5, 5.41) is 3.05. The molecular weight excluding hydrogens is 387 g/mol. The van der Waals surface area contributed by atoms with E-state index in [0.717, 1.165) is 5.56 Å². The van der Waals surface area contributed by atoms with Gasteiger partial charge in [-0.25, -0.2) is 9.38 Å². The second kappa shape index (κ2) is 7.37. The number of aliphatic imine (C=N–C) groups is 1. The highest BCUT2D eigenvalue weighted by Gasteiger charge is 2.35. The van der Waals surface area contributed by atoms with Crippen molar-refractivity contribution in [3.8, 4) is 0 Å². The van der Waals surface area contributed by atoms with Crippen molar-refractivity contribution in [2.24, 2.45) is 12.0 Å². The van der Waals surface area contributed by atoms with E-state index in [9.17, 15) is 9.18 Å². The number of pyridine rings is 1. The number of benzene rings is 1. The molecule has 1 saturated heterocycles. The first-order chi connectivity index (χ1) is 14.1. The van der Waals surface area contributed by atoms with Crippen molar-refractivity contribution in [3.05, 3.63) is 58.1 Å². The maximum absolute atomic E-state index is 14.4. The third-order valence-corrected chi connectivity index (χ3v) is 5.23. The summed E-state index contributed by atoms with van der Waals surface area (Å²) in [7, 11) is 1.65. The van der Waals surface area contributed by atoms with Gasteiger partial charge in [-0.1, -0.05) is 12.6 Å². The van der Waals surface area contributed by atoms with Gasteiger partial charge in [0.2, 0.25) is 0 Å². The first kappa shape index (κ1) is 20.3. The normalized spacial score (nSPS) is 19.8. The molecule has 1 N–H and O–H groups in total. The lowest BCUT2D eigenvalue weighted by molar-refractivity contribution is -0.138. The van der Waals surface area contributed by atoms with E-state index in [1.807, 2.05) is 25.7 Å². The summed E-state index contributed by atoms with van der Waals surface area (Å²) >= 11 is 0.